The Morgan fingerprint density at radius 2 is 1.08 bits per heavy atom. The van der Waals surface area contributed by atoms with Crippen LogP contribution in [0, 0.1) is 11.8 Å². The monoisotopic (exact) mass is 394 g/mol. The first kappa shape index (κ1) is 28.9. The summed E-state index contributed by atoms with van der Waals surface area (Å²) in [5.74, 6) is -0.271. The molecule has 0 fully saturated rings. The molecule has 0 radical (unpaired) electrons. The van der Waals surface area contributed by atoms with Crippen molar-refractivity contribution in [2.24, 2.45) is 11.8 Å². The topological polar surface area (TPSA) is 92.3 Å². The molecule has 0 bridgehead atoms. The molecule has 0 aliphatic rings. The minimum Gasteiger partial charge on any atom is -0.346 e. The van der Waals surface area contributed by atoms with Gasteiger partial charge in [0.2, 0.25) is 11.8 Å². The number of rotatable bonds is 7. The normalized spacial score (nSPS) is 13.1. The van der Waals surface area contributed by atoms with E-state index in [2.05, 4.69) is 29.1 Å². The highest BCUT2D eigenvalue weighted by atomic mass is 31.0. The van der Waals surface area contributed by atoms with Crippen LogP contribution in [0.25, 0.3) is 0 Å². The third-order valence-corrected chi connectivity index (χ3v) is 3.97. The van der Waals surface area contributed by atoms with Gasteiger partial charge in [0.1, 0.15) is 0 Å². The molecule has 0 saturated heterocycles. The summed E-state index contributed by atoms with van der Waals surface area (Å²) in [4.78, 5) is 43.7. The zero-order valence-corrected chi connectivity index (χ0v) is 19.1. The molecule has 0 aromatic heterocycles. The number of nitrogens with one attached hydrogen (secondary N) is 2. The molecule has 2 N–H and O–H groups in total. The zero-order chi connectivity index (χ0) is 20.7. The molecule has 0 rings (SSSR count). The first-order chi connectivity index (χ1) is 11.4. The molecule has 0 aromatic rings. The quantitative estimate of drug-likeness (QED) is 0.645. The summed E-state index contributed by atoms with van der Waals surface area (Å²) < 4.78 is 0. The summed E-state index contributed by atoms with van der Waals surface area (Å²) >= 11 is 0. The smallest absolute Gasteiger partial charge is 0.223 e. The van der Waals surface area contributed by atoms with Gasteiger partial charge < -0.3 is 10.6 Å². The zero-order valence-electron chi connectivity index (χ0n) is 16.8. The average molecular weight is 394 g/mol. The third-order valence-electron chi connectivity index (χ3n) is 3.26. The van der Waals surface area contributed by atoms with Gasteiger partial charge in [-0.15, -0.1) is 18.5 Å². The lowest BCUT2D eigenvalue weighted by molar-refractivity contribution is -0.128. The maximum atomic E-state index is 11.2. The number of hydrogen-bond acceptors (Lipinski definition) is 4. The van der Waals surface area contributed by atoms with Gasteiger partial charge in [0.25, 0.3) is 0 Å². The fourth-order valence-electron chi connectivity index (χ4n) is 1.05. The van der Waals surface area contributed by atoms with Crippen LogP contribution in [-0.4, -0.2) is 48.3 Å². The lowest BCUT2D eigenvalue weighted by Gasteiger charge is -2.13. The van der Waals surface area contributed by atoms with E-state index in [4.69, 9.17) is 0 Å². The average Bonchev–Trinajstić information content (AvgIpc) is 2.55. The van der Waals surface area contributed by atoms with Crippen LogP contribution in [-0.2, 0) is 19.2 Å². The molecular formula is C17H36N2O4P2. The summed E-state index contributed by atoms with van der Waals surface area (Å²) in [6.45, 7) is 13.6. The molecule has 0 aromatic carbocycles. The summed E-state index contributed by atoms with van der Waals surface area (Å²) in [5.41, 5.74) is 0. The van der Waals surface area contributed by atoms with E-state index in [9.17, 15) is 19.2 Å². The minimum absolute atomic E-state index is 0.0145. The van der Waals surface area contributed by atoms with Crippen molar-refractivity contribution in [3.8, 4) is 0 Å². The van der Waals surface area contributed by atoms with Crippen molar-refractivity contribution < 1.29 is 19.2 Å². The first-order valence-corrected chi connectivity index (χ1v) is 10.3. The number of amides is 2. The molecule has 148 valence electrons. The molecule has 25 heavy (non-hydrogen) atoms. The highest BCUT2D eigenvalue weighted by molar-refractivity contribution is 7.16. The molecule has 8 heteroatoms. The Kier molecular flexibility index (Phi) is 19.2. The van der Waals surface area contributed by atoms with E-state index >= 15 is 0 Å². The van der Waals surface area contributed by atoms with E-state index in [0.717, 1.165) is 6.16 Å². The number of hydrogen-bond donors (Lipinski definition) is 2. The second-order valence-electron chi connectivity index (χ2n) is 5.97. The maximum absolute atomic E-state index is 11.2. The van der Waals surface area contributed by atoms with Crippen molar-refractivity contribution in [1.82, 2.24) is 10.6 Å². The Morgan fingerprint density at radius 3 is 1.32 bits per heavy atom. The Morgan fingerprint density at radius 1 is 0.760 bits per heavy atom. The lowest BCUT2D eigenvalue weighted by Crippen LogP contribution is -2.40. The van der Waals surface area contributed by atoms with Crippen LogP contribution in [0.5, 0.6) is 0 Å². The van der Waals surface area contributed by atoms with Crippen molar-refractivity contribution in [3.05, 3.63) is 0 Å². The van der Waals surface area contributed by atoms with Gasteiger partial charge in [-0.3, -0.25) is 19.2 Å². The number of carbonyl (C=O) groups excluding carboxylic acids is 4. The summed E-state index contributed by atoms with van der Waals surface area (Å²) in [6.07, 6.45) is 0.719. The summed E-state index contributed by atoms with van der Waals surface area (Å²) in [7, 11) is 4.92. The van der Waals surface area contributed by atoms with E-state index in [-0.39, 0.29) is 47.3 Å². The molecule has 0 spiro atoms. The standard InChI is InChI=1S/C8H16NO2P.C8H15NO2.CH5P/c1-5(4-12)8(11)9-6(2)7(3)10;1-5(2)8(11)9-6(3)7(4)10;1-2/h5-6H,4,12H2,1-3H3,(H,9,11);5-6H,1-4H3,(H,9,11);2H2,1H3. The molecule has 5 unspecified atom stereocenters. The van der Waals surface area contributed by atoms with Gasteiger partial charge in [0.15, 0.2) is 11.6 Å². The van der Waals surface area contributed by atoms with E-state index in [0.29, 0.717) is 0 Å². The van der Waals surface area contributed by atoms with Crippen LogP contribution in [0.4, 0.5) is 0 Å². The van der Waals surface area contributed by atoms with Crippen molar-refractivity contribution >= 4 is 41.9 Å². The molecule has 2 amide bonds. The van der Waals surface area contributed by atoms with E-state index in [1.807, 2.05) is 13.6 Å². The highest BCUT2D eigenvalue weighted by Crippen LogP contribution is 2.00. The van der Waals surface area contributed by atoms with Crippen LogP contribution in [0.3, 0.4) is 0 Å². The predicted octanol–water partition coefficient (Wildman–Crippen LogP) is 1.82. The van der Waals surface area contributed by atoms with Crippen molar-refractivity contribution in [2.75, 3.05) is 12.8 Å². The Bertz CT molecular complexity index is 429. The number of Topliss-reactive ketones (excluding diaryl/α,β-unsaturated/α-hetero) is 2. The van der Waals surface area contributed by atoms with Gasteiger partial charge in [0.05, 0.1) is 12.1 Å². The summed E-state index contributed by atoms with van der Waals surface area (Å²) in [5, 5.41) is 5.22. The Balaban J connectivity index is -0.000000353. The largest absolute Gasteiger partial charge is 0.346 e. The third kappa shape index (κ3) is 16.4. The minimum atomic E-state index is -0.364. The lowest BCUT2D eigenvalue weighted by atomic mass is 10.1. The van der Waals surface area contributed by atoms with E-state index < -0.39 is 0 Å². The van der Waals surface area contributed by atoms with Gasteiger partial charge in [0, 0.05) is 11.8 Å². The maximum Gasteiger partial charge on any atom is 0.223 e. The fraction of sp³-hybridized carbons (Fsp3) is 0.765. The van der Waals surface area contributed by atoms with Gasteiger partial charge in [-0.2, -0.15) is 0 Å². The molecule has 0 aliphatic heterocycles. The predicted molar refractivity (Wildman–Crippen MR) is 111 cm³/mol. The molecule has 0 saturated carbocycles. The molecule has 6 nitrogen and oxygen atoms in total. The number of carbonyl (C=O) groups is 4. The van der Waals surface area contributed by atoms with Crippen molar-refractivity contribution in [2.45, 2.75) is 60.5 Å². The SMILES string of the molecule is CC(=O)C(C)NC(=O)C(C)C.CC(=O)C(C)NC(=O)C(C)CP.CP. The van der Waals surface area contributed by atoms with E-state index in [1.54, 1.807) is 27.7 Å². The van der Waals surface area contributed by atoms with Crippen LogP contribution < -0.4 is 10.6 Å². The first-order valence-electron chi connectivity index (χ1n) is 8.33. The van der Waals surface area contributed by atoms with Gasteiger partial charge in [-0.05, 0) is 33.9 Å². The van der Waals surface area contributed by atoms with Gasteiger partial charge >= 0.3 is 0 Å². The van der Waals surface area contributed by atoms with Crippen molar-refractivity contribution in [3.63, 3.8) is 0 Å². The van der Waals surface area contributed by atoms with Gasteiger partial charge in [-0.25, -0.2) is 0 Å². The fourth-order valence-corrected chi connectivity index (χ4v) is 1.26. The Labute approximate surface area is 157 Å². The number of ketones is 2. The molecule has 5 atom stereocenters. The van der Waals surface area contributed by atoms with Crippen LogP contribution in [0.2, 0.25) is 0 Å². The second-order valence-corrected chi connectivity index (χ2v) is 6.44. The Hall–Kier alpha value is -0.860. The van der Waals surface area contributed by atoms with Crippen LogP contribution >= 0.6 is 18.5 Å². The highest BCUT2D eigenvalue weighted by Gasteiger charge is 2.15. The van der Waals surface area contributed by atoms with Gasteiger partial charge in [-0.1, -0.05) is 27.4 Å². The summed E-state index contributed by atoms with van der Waals surface area (Å²) in [6, 6.07) is -0.721. The van der Waals surface area contributed by atoms with Crippen LogP contribution in [0.15, 0.2) is 0 Å². The van der Waals surface area contributed by atoms with E-state index in [1.165, 1.54) is 13.8 Å². The molecule has 0 aliphatic carbocycles. The molecular weight excluding hydrogens is 358 g/mol. The van der Waals surface area contributed by atoms with Crippen molar-refractivity contribution in [1.29, 1.82) is 0 Å². The second kappa shape index (κ2) is 16.6. The van der Waals surface area contributed by atoms with Crippen LogP contribution in [0.1, 0.15) is 48.5 Å². The molecule has 0 heterocycles.